The molecule has 3 aliphatic rings. The number of fused-ring (bicyclic) bond motifs is 3. The van der Waals surface area contributed by atoms with E-state index in [9.17, 15) is 0 Å². The molecule has 1 fully saturated rings. The molecule has 0 amide bonds. The Morgan fingerprint density at radius 2 is 1.62 bits per heavy atom. The van der Waals surface area contributed by atoms with E-state index < -0.39 is 0 Å². The molecule has 2 N–H and O–H groups in total. The molecule has 29 heavy (non-hydrogen) atoms. The summed E-state index contributed by atoms with van der Waals surface area (Å²) < 4.78 is 6.17. The lowest BCUT2D eigenvalue weighted by Gasteiger charge is -2.29. The smallest absolute Gasteiger partial charge is 0.130 e. The van der Waals surface area contributed by atoms with Gasteiger partial charge in [-0.05, 0) is 53.0 Å². The van der Waals surface area contributed by atoms with Crippen molar-refractivity contribution in [3.05, 3.63) is 108 Å². The van der Waals surface area contributed by atoms with Gasteiger partial charge in [0.1, 0.15) is 18.0 Å². The Kier molecular flexibility index (Phi) is 3.58. The van der Waals surface area contributed by atoms with Crippen LogP contribution in [0.3, 0.4) is 0 Å². The molecule has 3 nitrogen and oxygen atoms in total. The maximum absolute atomic E-state index is 6.17. The van der Waals surface area contributed by atoms with Crippen LogP contribution in [0.25, 0.3) is 16.7 Å². The Morgan fingerprint density at radius 1 is 0.828 bits per heavy atom. The van der Waals surface area contributed by atoms with Crippen molar-refractivity contribution in [1.29, 1.82) is 0 Å². The Bertz CT molecular complexity index is 1160. The number of nitrogens with one attached hydrogen (secondary N) is 2. The predicted molar refractivity (Wildman–Crippen MR) is 116 cm³/mol. The molecule has 0 saturated carbocycles. The van der Waals surface area contributed by atoms with Crippen LogP contribution in [-0.4, -0.2) is 6.10 Å². The van der Waals surface area contributed by atoms with Crippen LogP contribution in [0.4, 0.5) is 0 Å². The maximum Gasteiger partial charge on any atom is 0.130 e. The zero-order chi connectivity index (χ0) is 19.4. The van der Waals surface area contributed by atoms with E-state index in [2.05, 4.69) is 103 Å². The van der Waals surface area contributed by atoms with E-state index in [0.717, 1.165) is 5.75 Å². The fraction of sp³-hybridized carbons (Fsp3) is 0.154. The van der Waals surface area contributed by atoms with Crippen molar-refractivity contribution in [3.8, 4) is 16.9 Å². The number of benzene rings is 3. The highest BCUT2D eigenvalue weighted by Gasteiger charge is 2.43. The van der Waals surface area contributed by atoms with Gasteiger partial charge < -0.3 is 4.74 Å². The van der Waals surface area contributed by atoms with Crippen LogP contribution in [0.2, 0.25) is 0 Å². The van der Waals surface area contributed by atoms with Crippen molar-refractivity contribution >= 4 is 5.57 Å². The quantitative estimate of drug-likeness (QED) is 0.621. The molecular formula is C26H22N2O. The van der Waals surface area contributed by atoms with Crippen LogP contribution in [0.5, 0.6) is 5.75 Å². The first-order valence-electron chi connectivity index (χ1n) is 10.1. The molecule has 142 valence electrons. The molecule has 1 saturated heterocycles. The van der Waals surface area contributed by atoms with E-state index >= 15 is 0 Å². The first-order chi connectivity index (χ1) is 14.2. The van der Waals surface area contributed by atoms with Crippen molar-refractivity contribution < 1.29 is 4.74 Å². The molecule has 2 unspecified atom stereocenters. The van der Waals surface area contributed by atoms with E-state index in [1.165, 1.54) is 33.4 Å². The number of rotatable bonds is 3. The van der Waals surface area contributed by atoms with Crippen molar-refractivity contribution in [3.63, 3.8) is 0 Å². The lowest BCUT2D eigenvalue weighted by atomic mass is 9.74. The van der Waals surface area contributed by atoms with Crippen LogP contribution in [0.1, 0.15) is 29.8 Å². The second kappa shape index (κ2) is 6.18. The summed E-state index contributed by atoms with van der Waals surface area (Å²) >= 11 is 0. The van der Waals surface area contributed by atoms with Gasteiger partial charge in [-0.2, -0.15) is 0 Å². The van der Waals surface area contributed by atoms with Gasteiger partial charge in [-0.25, -0.2) is 10.9 Å². The van der Waals surface area contributed by atoms with E-state index in [4.69, 9.17) is 4.74 Å². The highest BCUT2D eigenvalue weighted by molar-refractivity contribution is 5.79. The van der Waals surface area contributed by atoms with Gasteiger partial charge in [0.25, 0.3) is 0 Å². The summed E-state index contributed by atoms with van der Waals surface area (Å²) in [5, 5.41) is 0. The summed E-state index contributed by atoms with van der Waals surface area (Å²) in [7, 11) is 0. The van der Waals surface area contributed by atoms with Crippen molar-refractivity contribution in [1.82, 2.24) is 10.9 Å². The summed E-state index contributed by atoms with van der Waals surface area (Å²) in [6, 6.07) is 25.9. The average Bonchev–Trinajstić information content (AvgIpc) is 3.57. The summed E-state index contributed by atoms with van der Waals surface area (Å²) in [6.45, 7) is 2.27. The number of hydrogen-bond donors (Lipinski definition) is 2. The minimum absolute atomic E-state index is 0.0651. The molecule has 3 heteroatoms. The topological polar surface area (TPSA) is 53.1 Å². The lowest BCUT2D eigenvalue weighted by Crippen LogP contribution is -2.33. The Balaban J connectivity index is 1.33. The van der Waals surface area contributed by atoms with Crippen LogP contribution < -0.4 is 15.6 Å². The molecule has 1 aliphatic carbocycles. The van der Waals surface area contributed by atoms with Crippen LogP contribution in [-0.2, 0) is 5.41 Å². The zero-order valence-electron chi connectivity index (χ0n) is 16.2. The molecule has 0 radical (unpaired) electrons. The van der Waals surface area contributed by atoms with Gasteiger partial charge in [0.2, 0.25) is 0 Å². The number of hydrazine groups is 1. The zero-order valence-corrected chi connectivity index (χ0v) is 16.2. The second-order valence-corrected chi connectivity index (χ2v) is 8.20. The number of hydrogen-bond acceptors (Lipinski definition) is 3. The predicted octanol–water partition coefficient (Wildman–Crippen LogP) is 5.13. The van der Waals surface area contributed by atoms with Gasteiger partial charge in [-0.1, -0.05) is 72.8 Å². The van der Waals surface area contributed by atoms with E-state index in [0.29, 0.717) is 0 Å². The fourth-order valence-electron chi connectivity index (χ4n) is 4.53. The minimum Gasteiger partial charge on any atom is -0.485 e. The van der Waals surface area contributed by atoms with Gasteiger partial charge in [0.05, 0.1) is 5.41 Å². The van der Waals surface area contributed by atoms with Gasteiger partial charge in [0.15, 0.2) is 0 Å². The number of ether oxygens (including phenoxy) is 1. The van der Waals surface area contributed by atoms with Crippen LogP contribution in [0.15, 0.2) is 91.0 Å². The third-order valence-electron chi connectivity index (χ3n) is 6.28. The Hall–Kier alpha value is -3.14. The highest BCUT2D eigenvalue weighted by Crippen LogP contribution is 2.47. The third-order valence-corrected chi connectivity index (χ3v) is 6.28. The van der Waals surface area contributed by atoms with Crippen molar-refractivity contribution in [2.75, 3.05) is 0 Å². The molecule has 0 spiro atoms. The van der Waals surface area contributed by atoms with E-state index in [1.807, 2.05) is 6.07 Å². The molecule has 2 heterocycles. The summed E-state index contributed by atoms with van der Waals surface area (Å²) in [5.41, 5.74) is 13.6. The Labute approximate surface area is 170 Å². The molecule has 6 rings (SSSR count). The summed E-state index contributed by atoms with van der Waals surface area (Å²) in [4.78, 5) is 0. The minimum atomic E-state index is -0.127. The van der Waals surface area contributed by atoms with Crippen LogP contribution in [0, 0.1) is 0 Å². The highest BCUT2D eigenvalue weighted by atomic mass is 16.5. The normalized spacial score (nSPS) is 24.4. The standard InChI is InChI=1S/C26H22N2O/c1-26-16-21(13-14-24(26)29-23-8-3-2-7-22(23)26)18-11-9-17(10-12-18)19-5-4-6-20(15-19)25-27-28-25/h2-16,24-25,27-28H,1H3. The van der Waals surface area contributed by atoms with E-state index in [1.54, 1.807) is 0 Å². The molecule has 3 aromatic carbocycles. The summed E-state index contributed by atoms with van der Waals surface area (Å²) in [5.74, 6) is 0.997. The maximum atomic E-state index is 6.17. The second-order valence-electron chi connectivity index (χ2n) is 8.20. The van der Waals surface area contributed by atoms with Crippen molar-refractivity contribution in [2.45, 2.75) is 24.6 Å². The van der Waals surface area contributed by atoms with E-state index in [-0.39, 0.29) is 17.7 Å². The SMILES string of the molecule is CC12C=C(c3ccc(-c4cccc(C5NN5)c4)cc3)C=CC1Oc1ccccc12. The molecule has 0 aromatic heterocycles. The summed E-state index contributed by atoms with van der Waals surface area (Å²) in [6.07, 6.45) is 7.11. The largest absolute Gasteiger partial charge is 0.485 e. The molecule has 3 aromatic rings. The first kappa shape index (κ1) is 16.8. The van der Waals surface area contributed by atoms with Gasteiger partial charge in [-0.15, -0.1) is 0 Å². The number of allylic oxidation sites excluding steroid dienone is 2. The van der Waals surface area contributed by atoms with Crippen molar-refractivity contribution in [2.24, 2.45) is 0 Å². The average molecular weight is 378 g/mol. The fourth-order valence-corrected chi connectivity index (χ4v) is 4.53. The Morgan fingerprint density at radius 3 is 2.45 bits per heavy atom. The monoisotopic (exact) mass is 378 g/mol. The lowest BCUT2D eigenvalue weighted by molar-refractivity contribution is 0.228. The van der Waals surface area contributed by atoms with Gasteiger partial charge >= 0.3 is 0 Å². The third kappa shape index (κ3) is 2.74. The molecule has 2 atom stereocenters. The van der Waals surface area contributed by atoms with Crippen LogP contribution >= 0.6 is 0 Å². The van der Waals surface area contributed by atoms with Gasteiger partial charge in [-0.3, -0.25) is 0 Å². The molecule has 0 bridgehead atoms. The van der Waals surface area contributed by atoms with Gasteiger partial charge in [0, 0.05) is 5.56 Å². The molecule has 2 aliphatic heterocycles. The molecular weight excluding hydrogens is 356 g/mol. The number of para-hydroxylation sites is 1. The first-order valence-corrected chi connectivity index (χ1v) is 10.1.